The predicted octanol–water partition coefficient (Wildman–Crippen LogP) is 2.82. The molecule has 0 fully saturated rings. The van der Waals surface area contributed by atoms with Gasteiger partial charge in [0.1, 0.15) is 0 Å². The summed E-state index contributed by atoms with van der Waals surface area (Å²) < 4.78 is 2.02. The minimum absolute atomic E-state index is 0.481. The van der Waals surface area contributed by atoms with Crippen LogP contribution in [-0.2, 0) is 6.54 Å². The summed E-state index contributed by atoms with van der Waals surface area (Å²) in [7, 11) is 0. The molecule has 0 radical (unpaired) electrons. The van der Waals surface area contributed by atoms with Gasteiger partial charge in [0.25, 0.3) is 0 Å². The summed E-state index contributed by atoms with van der Waals surface area (Å²) >= 11 is 0. The summed E-state index contributed by atoms with van der Waals surface area (Å²) in [5, 5.41) is 8.57. The first-order valence-electron chi connectivity index (χ1n) is 5.83. The molecule has 1 aromatic carbocycles. The molecule has 82 valence electrons. The molecule has 1 aliphatic rings. The maximum Gasteiger partial charge on any atom is 0.0935 e. The van der Waals surface area contributed by atoms with Gasteiger partial charge in [-0.1, -0.05) is 43.3 Å². The van der Waals surface area contributed by atoms with E-state index in [9.17, 15) is 0 Å². The van der Waals surface area contributed by atoms with Gasteiger partial charge in [0, 0.05) is 11.5 Å². The Morgan fingerprint density at radius 3 is 3.00 bits per heavy atom. The Bertz CT molecular complexity index is 528. The van der Waals surface area contributed by atoms with Crippen LogP contribution < -0.4 is 0 Å². The van der Waals surface area contributed by atoms with Crippen molar-refractivity contribution in [1.82, 2.24) is 15.0 Å². The van der Waals surface area contributed by atoms with Crippen molar-refractivity contribution in [2.75, 3.05) is 0 Å². The minimum atomic E-state index is 0.481. The molecule has 0 saturated carbocycles. The number of nitrogens with zero attached hydrogens (tertiary/aromatic N) is 3. The number of benzene rings is 1. The summed E-state index contributed by atoms with van der Waals surface area (Å²) in [6.45, 7) is 5.28. The van der Waals surface area contributed by atoms with E-state index in [2.05, 4.69) is 48.4 Å². The monoisotopic (exact) mass is 213 g/mol. The SMILES string of the molecule is CCC(C)c1nnn2c1-c1ccccc1C2. The van der Waals surface area contributed by atoms with Gasteiger partial charge < -0.3 is 0 Å². The van der Waals surface area contributed by atoms with Crippen LogP contribution in [0.3, 0.4) is 0 Å². The van der Waals surface area contributed by atoms with Crippen LogP contribution in [0.5, 0.6) is 0 Å². The lowest BCUT2D eigenvalue weighted by Gasteiger charge is -2.06. The van der Waals surface area contributed by atoms with Crippen molar-refractivity contribution in [3.05, 3.63) is 35.5 Å². The standard InChI is InChI=1S/C13H15N3/c1-3-9(2)12-13-11-7-5-4-6-10(11)8-16(13)15-14-12/h4-7,9H,3,8H2,1-2H3. The van der Waals surface area contributed by atoms with E-state index in [1.807, 2.05) is 4.68 Å². The molecule has 2 heterocycles. The molecule has 0 bridgehead atoms. The molecule has 0 N–H and O–H groups in total. The number of hydrogen-bond acceptors (Lipinski definition) is 2. The van der Waals surface area contributed by atoms with E-state index in [0.717, 1.165) is 18.7 Å². The van der Waals surface area contributed by atoms with Crippen LogP contribution in [0.1, 0.15) is 37.4 Å². The second-order valence-electron chi connectivity index (χ2n) is 4.45. The number of hydrogen-bond donors (Lipinski definition) is 0. The normalized spacial score (nSPS) is 14.6. The van der Waals surface area contributed by atoms with Gasteiger partial charge >= 0.3 is 0 Å². The molecule has 0 amide bonds. The first-order chi connectivity index (χ1) is 7.81. The zero-order valence-electron chi connectivity index (χ0n) is 9.64. The van der Waals surface area contributed by atoms with Crippen LogP contribution in [0.4, 0.5) is 0 Å². The van der Waals surface area contributed by atoms with E-state index in [-0.39, 0.29) is 0 Å². The first-order valence-corrected chi connectivity index (χ1v) is 5.83. The molecule has 0 spiro atoms. The van der Waals surface area contributed by atoms with Gasteiger partial charge in [0.15, 0.2) is 0 Å². The van der Waals surface area contributed by atoms with Crippen LogP contribution in [0.25, 0.3) is 11.3 Å². The quantitative estimate of drug-likeness (QED) is 0.655. The van der Waals surface area contributed by atoms with Crippen molar-refractivity contribution >= 4 is 0 Å². The van der Waals surface area contributed by atoms with Crippen LogP contribution >= 0.6 is 0 Å². The Morgan fingerprint density at radius 1 is 1.38 bits per heavy atom. The maximum atomic E-state index is 4.32. The van der Waals surface area contributed by atoms with E-state index in [1.54, 1.807) is 0 Å². The third-order valence-corrected chi connectivity index (χ3v) is 3.43. The Balaban J connectivity index is 2.18. The van der Waals surface area contributed by atoms with Gasteiger partial charge in [0.05, 0.1) is 17.9 Å². The lowest BCUT2D eigenvalue weighted by atomic mass is 9.99. The predicted molar refractivity (Wildman–Crippen MR) is 63.3 cm³/mol. The van der Waals surface area contributed by atoms with Crippen LogP contribution in [-0.4, -0.2) is 15.0 Å². The van der Waals surface area contributed by atoms with E-state index in [1.165, 1.54) is 16.8 Å². The summed E-state index contributed by atoms with van der Waals surface area (Å²) in [4.78, 5) is 0. The Kier molecular flexibility index (Phi) is 2.06. The zero-order chi connectivity index (χ0) is 11.1. The van der Waals surface area contributed by atoms with Crippen LogP contribution in [0, 0.1) is 0 Å². The van der Waals surface area contributed by atoms with Crippen LogP contribution in [0.2, 0.25) is 0 Å². The second kappa shape index (κ2) is 3.44. The average molecular weight is 213 g/mol. The summed E-state index contributed by atoms with van der Waals surface area (Å²) in [6, 6.07) is 8.51. The van der Waals surface area contributed by atoms with E-state index in [4.69, 9.17) is 0 Å². The third-order valence-electron chi connectivity index (χ3n) is 3.43. The molecule has 1 unspecified atom stereocenters. The van der Waals surface area contributed by atoms with Crippen molar-refractivity contribution < 1.29 is 0 Å². The molecular formula is C13H15N3. The number of aromatic nitrogens is 3. The topological polar surface area (TPSA) is 30.7 Å². The lowest BCUT2D eigenvalue weighted by molar-refractivity contribution is 0.664. The number of rotatable bonds is 2. The summed E-state index contributed by atoms with van der Waals surface area (Å²) in [6.07, 6.45) is 1.11. The molecular weight excluding hydrogens is 198 g/mol. The largest absolute Gasteiger partial charge is 0.240 e. The highest BCUT2D eigenvalue weighted by molar-refractivity contribution is 5.69. The van der Waals surface area contributed by atoms with Gasteiger partial charge in [-0.15, -0.1) is 5.10 Å². The van der Waals surface area contributed by atoms with Crippen molar-refractivity contribution in [2.24, 2.45) is 0 Å². The average Bonchev–Trinajstić information content (AvgIpc) is 2.86. The molecule has 16 heavy (non-hydrogen) atoms. The van der Waals surface area contributed by atoms with E-state index in [0.29, 0.717) is 5.92 Å². The molecule has 1 aliphatic heterocycles. The highest BCUT2D eigenvalue weighted by atomic mass is 15.4. The highest BCUT2D eigenvalue weighted by Crippen LogP contribution is 2.36. The zero-order valence-corrected chi connectivity index (χ0v) is 9.64. The highest BCUT2D eigenvalue weighted by Gasteiger charge is 2.25. The van der Waals surface area contributed by atoms with Crippen molar-refractivity contribution in [3.63, 3.8) is 0 Å². The lowest BCUT2D eigenvalue weighted by Crippen LogP contribution is -1.95. The van der Waals surface area contributed by atoms with Gasteiger partial charge in [0.2, 0.25) is 0 Å². The molecule has 1 atom stereocenters. The van der Waals surface area contributed by atoms with Crippen molar-refractivity contribution in [1.29, 1.82) is 0 Å². The molecule has 2 aromatic rings. The Labute approximate surface area is 95.1 Å². The summed E-state index contributed by atoms with van der Waals surface area (Å²) in [5.41, 5.74) is 5.04. The Hall–Kier alpha value is -1.64. The fourth-order valence-corrected chi connectivity index (χ4v) is 2.29. The van der Waals surface area contributed by atoms with Crippen molar-refractivity contribution in [2.45, 2.75) is 32.7 Å². The summed E-state index contributed by atoms with van der Waals surface area (Å²) in [5.74, 6) is 0.481. The number of fused-ring (bicyclic) bond motifs is 3. The minimum Gasteiger partial charge on any atom is -0.240 e. The molecule has 3 nitrogen and oxygen atoms in total. The fourth-order valence-electron chi connectivity index (χ4n) is 2.29. The smallest absolute Gasteiger partial charge is 0.0935 e. The van der Waals surface area contributed by atoms with Gasteiger partial charge in [-0.25, -0.2) is 4.68 Å². The second-order valence-corrected chi connectivity index (χ2v) is 4.45. The van der Waals surface area contributed by atoms with Crippen LogP contribution in [0.15, 0.2) is 24.3 Å². The fraction of sp³-hybridized carbons (Fsp3) is 0.385. The van der Waals surface area contributed by atoms with E-state index < -0.39 is 0 Å². The van der Waals surface area contributed by atoms with Gasteiger partial charge in [-0.2, -0.15) is 0 Å². The van der Waals surface area contributed by atoms with Gasteiger partial charge in [-0.05, 0) is 12.0 Å². The van der Waals surface area contributed by atoms with Gasteiger partial charge in [-0.3, -0.25) is 0 Å². The maximum absolute atomic E-state index is 4.32. The third kappa shape index (κ3) is 1.21. The molecule has 0 saturated heterocycles. The molecule has 3 heteroatoms. The van der Waals surface area contributed by atoms with Crippen molar-refractivity contribution in [3.8, 4) is 11.3 Å². The Morgan fingerprint density at radius 2 is 2.19 bits per heavy atom. The molecule has 3 rings (SSSR count). The van der Waals surface area contributed by atoms with E-state index >= 15 is 0 Å². The molecule has 0 aliphatic carbocycles. The molecule has 1 aromatic heterocycles. The first kappa shape index (κ1) is 9.58.